The third kappa shape index (κ3) is 2.18. The van der Waals surface area contributed by atoms with Gasteiger partial charge >= 0.3 is 5.69 Å². The third-order valence-corrected chi connectivity index (χ3v) is 2.62. The first-order chi connectivity index (χ1) is 8.11. The minimum atomic E-state index is -0.238. The summed E-state index contributed by atoms with van der Waals surface area (Å²) in [6, 6.07) is 7.36. The van der Waals surface area contributed by atoms with Crippen molar-refractivity contribution in [2.45, 2.75) is 6.54 Å². The average Bonchev–Trinajstić information content (AvgIpc) is 2.57. The zero-order chi connectivity index (χ0) is 12.4. The molecule has 0 aliphatic heterocycles. The number of rotatable bonds is 3. The van der Waals surface area contributed by atoms with E-state index in [0.29, 0.717) is 6.54 Å². The summed E-state index contributed by atoms with van der Waals surface area (Å²) >= 11 is 0. The number of methoxy groups -OCH3 is 1. The molecule has 17 heavy (non-hydrogen) atoms. The number of aryl methyl sites for hydroxylation is 1. The fourth-order valence-corrected chi connectivity index (χ4v) is 1.65. The summed E-state index contributed by atoms with van der Waals surface area (Å²) in [5.74, 6) is 0.728. The molecular weight excluding hydrogens is 220 g/mol. The Hall–Kier alpha value is -2.17. The van der Waals surface area contributed by atoms with Gasteiger partial charge < -0.3 is 9.84 Å². The second kappa shape index (κ2) is 4.37. The van der Waals surface area contributed by atoms with Crippen molar-refractivity contribution in [3.8, 4) is 11.6 Å². The van der Waals surface area contributed by atoms with E-state index in [-0.39, 0.29) is 11.6 Å². The van der Waals surface area contributed by atoms with Gasteiger partial charge in [-0.05, 0) is 17.7 Å². The van der Waals surface area contributed by atoms with E-state index in [0.717, 1.165) is 11.3 Å². The molecule has 0 bridgehead atoms. The summed E-state index contributed by atoms with van der Waals surface area (Å²) in [6.45, 7) is 0.343. The molecule has 5 nitrogen and oxygen atoms in total. The lowest BCUT2D eigenvalue weighted by Gasteiger charge is -2.04. The molecule has 0 radical (unpaired) electrons. The smallest absolute Gasteiger partial charge is 0.331 e. The quantitative estimate of drug-likeness (QED) is 0.860. The van der Waals surface area contributed by atoms with Gasteiger partial charge in [0.15, 0.2) is 0 Å². The van der Waals surface area contributed by atoms with Gasteiger partial charge in [0.05, 0.1) is 19.9 Å². The van der Waals surface area contributed by atoms with Crippen LogP contribution in [0.15, 0.2) is 35.3 Å². The van der Waals surface area contributed by atoms with Crippen LogP contribution in [0.25, 0.3) is 0 Å². The lowest BCUT2D eigenvalue weighted by molar-refractivity contribution is 0.414. The molecule has 1 aromatic heterocycles. The van der Waals surface area contributed by atoms with E-state index in [1.165, 1.54) is 15.3 Å². The van der Waals surface area contributed by atoms with Crippen molar-refractivity contribution < 1.29 is 9.84 Å². The van der Waals surface area contributed by atoms with Gasteiger partial charge in [0.1, 0.15) is 5.75 Å². The number of nitrogens with zero attached hydrogens (tertiary/aromatic N) is 2. The van der Waals surface area contributed by atoms with Crippen molar-refractivity contribution in [3.63, 3.8) is 0 Å². The second-order valence-corrected chi connectivity index (χ2v) is 3.81. The Morgan fingerprint density at radius 3 is 2.41 bits per heavy atom. The zero-order valence-electron chi connectivity index (χ0n) is 9.75. The van der Waals surface area contributed by atoms with Crippen LogP contribution in [0.1, 0.15) is 5.56 Å². The van der Waals surface area contributed by atoms with Gasteiger partial charge in [0, 0.05) is 7.05 Å². The van der Waals surface area contributed by atoms with E-state index >= 15 is 0 Å². The molecule has 0 saturated carbocycles. The SMILES string of the molecule is COc1ccc(Cn2c(O)cn(C)c2=O)cc1. The number of benzene rings is 1. The monoisotopic (exact) mass is 234 g/mol. The Morgan fingerprint density at radius 2 is 1.94 bits per heavy atom. The Labute approximate surface area is 98.5 Å². The predicted octanol–water partition coefficient (Wildman–Crippen LogP) is 0.949. The van der Waals surface area contributed by atoms with Crippen LogP contribution in [0.5, 0.6) is 11.6 Å². The highest BCUT2D eigenvalue weighted by molar-refractivity contribution is 5.27. The molecule has 0 saturated heterocycles. The van der Waals surface area contributed by atoms with Crippen molar-refractivity contribution in [3.05, 3.63) is 46.5 Å². The van der Waals surface area contributed by atoms with Crippen molar-refractivity contribution in [1.29, 1.82) is 0 Å². The highest BCUT2D eigenvalue weighted by Crippen LogP contribution is 2.14. The van der Waals surface area contributed by atoms with E-state index in [1.807, 2.05) is 24.3 Å². The van der Waals surface area contributed by atoms with Gasteiger partial charge in [-0.1, -0.05) is 12.1 Å². The maximum atomic E-state index is 11.7. The van der Waals surface area contributed by atoms with Crippen molar-refractivity contribution in [2.75, 3.05) is 7.11 Å². The number of hydrogen-bond donors (Lipinski definition) is 1. The van der Waals surface area contributed by atoms with E-state index in [9.17, 15) is 9.90 Å². The predicted molar refractivity (Wildman–Crippen MR) is 63.4 cm³/mol. The third-order valence-electron chi connectivity index (χ3n) is 2.62. The highest BCUT2D eigenvalue weighted by atomic mass is 16.5. The summed E-state index contributed by atoms with van der Waals surface area (Å²) in [6.07, 6.45) is 1.39. The van der Waals surface area contributed by atoms with Gasteiger partial charge in [-0.2, -0.15) is 0 Å². The summed E-state index contributed by atoms with van der Waals surface area (Å²) in [5.41, 5.74) is 0.688. The molecule has 0 aliphatic carbocycles. The minimum Gasteiger partial charge on any atom is -0.497 e. The van der Waals surface area contributed by atoms with Crippen LogP contribution in [0, 0.1) is 0 Å². The van der Waals surface area contributed by atoms with E-state index in [1.54, 1.807) is 14.2 Å². The number of aromatic nitrogens is 2. The van der Waals surface area contributed by atoms with Gasteiger partial charge in [-0.15, -0.1) is 0 Å². The molecule has 2 aromatic rings. The van der Waals surface area contributed by atoms with Crippen LogP contribution < -0.4 is 10.4 Å². The summed E-state index contributed by atoms with van der Waals surface area (Å²) < 4.78 is 7.70. The van der Waals surface area contributed by atoms with Gasteiger partial charge in [0.2, 0.25) is 5.88 Å². The first kappa shape index (κ1) is 11.3. The van der Waals surface area contributed by atoms with Crippen LogP contribution in [-0.2, 0) is 13.6 Å². The molecule has 0 unspecified atom stereocenters. The molecular formula is C12H14N2O3. The summed E-state index contributed by atoms with van der Waals surface area (Å²) in [7, 11) is 3.20. The molecule has 1 N–H and O–H groups in total. The largest absolute Gasteiger partial charge is 0.497 e. The standard InChI is InChI=1S/C12H14N2O3/c1-13-8-11(15)14(12(13)16)7-9-3-5-10(17-2)6-4-9/h3-6,8,15H,7H2,1-2H3. The molecule has 0 fully saturated rings. The van der Waals surface area contributed by atoms with Crippen molar-refractivity contribution >= 4 is 0 Å². The van der Waals surface area contributed by atoms with E-state index in [4.69, 9.17) is 4.74 Å². The summed E-state index contributed by atoms with van der Waals surface area (Å²) in [4.78, 5) is 11.7. The maximum absolute atomic E-state index is 11.7. The van der Waals surface area contributed by atoms with Crippen LogP contribution in [0.4, 0.5) is 0 Å². The van der Waals surface area contributed by atoms with Crippen LogP contribution in [0.3, 0.4) is 0 Å². The maximum Gasteiger partial charge on any atom is 0.331 e. The molecule has 1 heterocycles. The lowest BCUT2D eigenvalue weighted by atomic mass is 10.2. The van der Waals surface area contributed by atoms with Gasteiger partial charge in [-0.25, -0.2) is 4.79 Å². The Morgan fingerprint density at radius 1 is 1.29 bits per heavy atom. The van der Waals surface area contributed by atoms with Crippen molar-refractivity contribution in [1.82, 2.24) is 9.13 Å². The lowest BCUT2D eigenvalue weighted by Crippen LogP contribution is -2.22. The minimum absolute atomic E-state index is 0.0340. The fourth-order valence-electron chi connectivity index (χ4n) is 1.65. The Bertz CT molecular complexity index is 566. The molecule has 90 valence electrons. The number of aromatic hydroxyl groups is 1. The molecule has 2 rings (SSSR count). The molecule has 0 spiro atoms. The molecule has 0 aliphatic rings. The van der Waals surface area contributed by atoms with Crippen LogP contribution >= 0.6 is 0 Å². The fraction of sp³-hybridized carbons (Fsp3) is 0.250. The number of imidazole rings is 1. The average molecular weight is 234 g/mol. The molecule has 1 aromatic carbocycles. The van der Waals surface area contributed by atoms with Crippen molar-refractivity contribution in [2.24, 2.45) is 7.05 Å². The van der Waals surface area contributed by atoms with Crippen LogP contribution in [-0.4, -0.2) is 21.4 Å². The molecule has 0 atom stereocenters. The second-order valence-electron chi connectivity index (χ2n) is 3.81. The summed E-state index contributed by atoms with van der Waals surface area (Å²) in [5, 5.41) is 9.59. The molecule has 5 heteroatoms. The van der Waals surface area contributed by atoms with E-state index in [2.05, 4.69) is 0 Å². The first-order valence-corrected chi connectivity index (χ1v) is 5.20. The molecule has 0 amide bonds. The number of ether oxygens (including phenoxy) is 1. The first-order valence-electron chi connectivity index (χ1n) is 5.20. The topological polar surface area (TPSA) is 56.4 Å². The highest BCUT2D eigenvalue weighted by Gasteiger charge is 2.07. The number of hydrogen-bond acceptors (Lipinski definition) is 3. The van der Waals surface area contributed by atoms with Gasteiger partial charge in [0.25, 0.3) is 0 Å². The normalized spacial score (nSPS) is 10.5. The van der Waals surface area contributed by atoms with Gasteiger partial charge in [-0.3, -0.25) is 9.13 Å². The Kier molecular flexibility index (Phi) is 2.91. The van der Waals surface area contributed by atoms with Crippen LogP contribution in [0.2, 0.25) is 0 Å². The zero-order valence-corrected chi connectivity index (χ0v) is 9.75. The Balaban J connectivity index is 2.28. The van der Waals surface area contributed by atoms with E-state index < -0.39 is 0 Å².